The number of hydrogen-bond donors (Lipinski definition) is 2. The predicted molar refractivity (Wildman–Crippen MR) is 67.9 cm³/mol. The Hall–Kier alpha value is -1.14. The van der Waals surface area contributed by atoms with Crippen LogP contribution >= 0.6 is 0 Å². The van der Waals surface area contributed by atoms with E-state index in [9.17, 15) is 9.59 Å². The third kappa shape index (κ3) is 3.20. The first-order chi connectivity index (χ1) is 8.41. The highest BCUT2D eigenvalue weighted by Crippen LogP contribution is 2.19. The summed E-state index contributed by atoms with van der Waals surface area (Å²) in [5.41, 5.74) is 5.05. The molecule has 0 aromatic heterocycles. The lowest BCUT2D eigenvalue weighted by Crippen LogP contribution is -2.65. The van der Waals surface area contributed by atoms with Crippen LogP contribution in [-0.4, -0.2) is 55.1 Å². The Kier molecular flexibility index (Phi) is 5.10. The van der Waals surface area contributed by atoms with E-state index in [2.05, 4.69) is 5.32 Å². The van der Waals surface area contributed by atoms with Gasteiger partial charge >= 0.3 is 0 Å². The van der Waals surface area contributed by atoms with Crippen molar-refractivity contribution in [1.82, 2.24) is 10.2 Å². The third-order valence-corrected chi connectivity index (χ3v) is 3.30. The number of piperazine rings is 1. The third-order valence-electron chi connectivity index (χ3n) is 3.30. The van der Waals surface area contributed by atoms with Gasteiger partial charge in [0.05, 0.1) is 6.04 Å². The summed E-state index contributed by atoms with van der Waals surface area (Å²) < 4.78 is 4.93. The maximum atomic E-state index is 12.2. The van der Waals surface area contributed by atoms with Gasteiger partial charge in [-0.15, -0.1) is 0 Å². The van der Waals surface area contributed by atoms with Crippen molar-refractivity contribution in [1.29, 1.82) is 0 Å². The highest BCUT2D eigenvalue weighted by atomic mass is 16.5. The van der Waals surface area contributed by atoms with E-state index in [4.69, 9.17) is 10.5 Å². The van der Waals surface area contributed by atoms with Gasteiger partial charge in [-0.1, -0.05) is 0 Å². The van der Waals surface area contributed by atoms with E-state index in [0.717, 1.165) is 6.42 Å². The van der Waals surface area contributed by atoms with E-state index in [1.165, 1.54) is 0 Å². The van der Waals surface area contributed by atoms with Crippen LogP contribution < -0.4 is 11.1 Å². The molecule has 1 saturated heterocycles. The first-order valence-corrected chi connectivity index (χ1v) is 6.25. The molecule has 1 atom stereocenters. The molecule has 1 fully saturated rings. The maximum Gasteiger partial charge on any atom is 0.245 e. The number of nitrogens with zero attached hydrogens (tertiary/aromatic N) is 1. The van der Waals surface area contributed by atoms with Crippen molar-refractivity contribution in [2.45, 2.75) is 38.3 Å². The highest BCUT2D eigenvalue weighted by Gasteiger charge is 2.41. The number of nitrogens with two attached hydrogens (primary N) is 1. The highest BCUT2D eigenvalue weighted by molar-refractivity contribution is 5.93. The van der Waals surface area contributed by atoms with Crippen LogP contribution in [0, 0.1) is 0 Å². The minimum absolute atomic E-state index is 0.133. The molecule has 1 heterocycles. The van der Waals surface area contributed by atoms with Crippen molar-refractivity contribution < 1.29 is 14.3 Å². The van der Waals surface area contributed by atoms with E-state index in [0.29, 0.717) is 26.1 Å². The van der Waals surface area contributed by atoms with Crippen LogP contribution in [0.1, 0.15) is 26.7 Å². The molecular formula is C12H23N3O3. The number of methoxy groups -OCH3 is 1. The van der Waals surface area contributed by atoms with Gasteiger partial charge in [-0.2, -0.15) is 0 Å². The second kappa shape index (κ2) is 6.15. The van der Waals surface area contributed by atoms with Gasteiger partial charge < -0.3 is 20.7 Å². The second-order valence-electron chi connectivity index (χ2n) is 5.05. The van der Waals surface area contributed by atoms with E-state index in [1.54, 1.807) is 25.9 Å². The van der Waals surface area contributed by atoms with Crippen molar-refractivity contribution in [2.24, 2.45) is 5.73 Å². The predicted octanol–water partition coefficient (Wildman–Crippen LogP) is -0.523. The molecule has 0 bridgehead atoms. The van der Waals surface area contributed by atoms with Crippen LogP contribution in [0.15, 0.2) is 0 Å². The zero-order chi connectivity index (χ0) is 13.8. The largest absolute Gasteiger partial charge is 0.385 e. The molecule has 3 N–H and O–H groups in total. The number of amides is 2. The van der Waals surface area contributed by atoms with Crippen LogP contribution in [0.4, 0.5) is 0 Å². The van der Waals surface area contributed by atoms with Crippen LogP contribution in [0.3, 0.4) is 0 Å². The Morgan fingerprint density at radius 3 is 2.89 bits per heavy atom. The molecule has 0 radical (unpaired) electrons. The van der Waals surface area contributed by atoms with Crippen LogP contribution in [0.25, 0.3) is 0 Å². The molecule has 1 rings (SSSR count). The molecule has 1 aliphatic heterocycles. The molecule has 1 unspecified atom stereocenters. The van der Waals surface area contributed by atoms with Gasteiger partial charge in [0, 0.05) is 26.8 Å². The van der Waals surface area contributed by atoms with Crippen molar-refractivity contribution in [3.8, 4) is 0 Å². The monoisotopic (exact) mass is 257 g/mol. The van der Waals surface area contributed by atoms with E-state index in [1.807, 2.05) is 0 Å². The van der Waals surface area contributed by atoms with Crippen LogP contribution in [0.2, 0.25) is 0 Å². The minimum Gasteiger partial charge on any atom is -0.385 e. The van der Waals surface area contributed by atoms with Crippen LogP contribution in [-0.2, 0) is 14.3 Å². The number of rotatable bonds is 5. The molecule has 0 aliphatic carbocycles. The van der Waals surface area contributed by atoms with Crippen molar-refractivity contribution in [2.75, 3.05) is 26.8 Å². The quantitative estimate of drug-likeness (QED) is 0.649. The molecule has 1 aliphatic rings. The van der Waals surface area contributed by atoms with Crippen LogP contribution in [0.5, 0.6) is 0 Å². The number of carbonyl (C=O) groups is 2. The lowest BCUT2D eigenvalue weighted by Gasteiger charge is -2.42. The SMILES string of the molecule is COCCCC(N)C(=O)N1CCNC(=O)C1(C)C. The zero-order valence-electron chi connectivity index (χ0n) is 11.4. The topological polar surface area (TPSA) is 84.7 Å². The smallest absolute Gasteiger partial charge is 0.245 e. The Labute approximate surface area is 108 Å². The summed E-state index contributed by atoms with van der Waals surface area (Å²) in [6.45, 7) is 5.06. The molecule has 0 aromatic rings. The molecule has 6 nitrogen and oxygen atoms in total. The standard InChI is InChI=1S/C12H23N3O3/c1-12(2)11(17)14-6-7-15(12)10(16)9(13)5-4-8-18-3/h9H,4-8,13H2,1-3H3,(H,14,17). The summed E-state index contributed by atoms with van der Waals surface area (Å²) in [6.07, 6.45) is 1.31. The zero-order valence-corrected chi connectivity index (χ0v) is 11.4. The summed E-state index contributed by atoms with van der Waals surface area (Å²) in [5, 5.41) is 2.75. The van der Waals surface area contributed by atoms with E-state index in [-0.39, 0.29) is 11.8 Å². The van der Waals surface area contributed by atoms with Gasteiger partial charge in [-0.25, -0.2) is 0 Å². The molecule has 18 heavy (non-hydrogen) atoms. The molecule has 6 heteroatoms. The number of nitrogens with one attached hydrogen (secondary N) is 1. The molecule has 2 amide bonds. The van der Waals surface area contributed by atoms with Gasteiger partial charge in [0.2, 0.25) is 11.8 Å². The fourth-order valence-electron chi connectivity index (χ4n) is 2.06. The van der Waals surface area contributed by atoms with Gasteiger partial charge in [0.25, 0.3) is 0 Å². The Morgan fingerprint density at radius 1 is 1.61 bits per heavy atom. The fourth-order valence-corrected chi connectivity index (χ4v) is 2.06. The molecule has 0 saturated carbocycles. The fraction of sp³-hybridized carbons (Fsp3) is 0.833. The summed E-state index contributed by atoms with van der Waals surface area (Å²) in [7, 11) is 1.62. The summed E-state index contributed by atoms with van der Waals surface area (Å²) >= 11 is 0. The lowest BCUT2D eigenvalue weighted by molar-refractivity contribution is -0.150. The van der Waals surface area contributed by atoms with Crippen molar-refractivity contribution >= 4 is 11.8 Å². The normalized spacial score (nSPS) is 20.4. The summed E-state index contributed by atoms with van der Waals surface area (Å²) in [4.78, 5) is 25.6. The molecular weight excluding hydrogens is 234 g/mol. The first-order valence-electron chi connectivity index (χ1n) is 6.25. The molecule has 0 spiro atoms. The van der Waals surface area contributed by atoms with Gasteiger partial charge in [-0.05, 0) is 26.7 Å². The van der Waals surface area contributed by atoms with Gasteiger partial charge in [0.15, 0.2) is 0 Å². The minimum atomic E-state index is -0.825. The van der Waals surface area contributed by atoms with Gasteiger partial charge in [0.1, 0.15) is 5.54 Å². The average molecular weight is 257 g/mol. The summed E-state index contributed by atoms with van der Waals surface area (Å²) in [6, 6.07) is -0.565. The Morgan fingerprint density at radius 2 is 2.28 bits per heavy atom. The Balaban J connectivity index is 2.61. The molecule has 104 valence electrons. The second-order valence-corrected chi connectivity index (χ2v) is 5.05. The molecule has 0 aromatic carbocycles. The Bertz CT molecular complexity index is 318. The van der Waals surface area contributed by atoms with E-state index < -0.39 is 11.6 Å². The number of carbonyl (C=O) groups excluding carboxylic acids is 2. The number of ether oxygens (including phenoxy) is 1. The summed E-state index contributed by atoms with van der Waals surface area (Å²) in [5.74, 6) is -0.294. The maximum absolute atomic E-state index is 12.2. The van der Waals surface area contributed by atoms with E-state index >= 15 is 0 Å². The lowest BCUT2D eigenvalue weighted by atomic mass is 9.97. The van der Waals surface area contributed by atoms with Crippen molar-refractivity contribution in [3.63, 3.8) is 0 Å². The average Bonchev–Trinajstić information content (AvgIpc) is 2.32. The van der Waals surface area contributed by atoms with Crippen molar-refractivity contribution in [3.05, 3.63) is 0 Å². The number of hydrogen-bond acceptors (Lipinski definition) is 4. The van der Waals surface area contributed by atoms with Gasteiger partial charge in [-0.3, -0.25) is 9.59 Å². The first kappa shape index (κ1) is 14.9.